The quantitative estimate of drug-likeness (QED) is 0.519. The van der Waals surface area contributed by atoms with E-state index < -0.39 is 0 Å². The SMILES string of the molecule is O=C1CCC(NCC2CCC(=O)N2)C(=O)N1. The molecule has 2 fully saturated rings. The van der Waals surface area contributed by atoms with Crippen molar-refractivity contribution < 1.29 is 14.4 Å². The molecule has 16 heavy (non-hydrogen) atoms. The fraction of sp³-hybridized carbons (Fsp3) is 0.700. The minimum atomic E-state index is -0.310. The Kier molecular flexibility index (Phi) is 3.19. The number of rotatable bonds is 3. The number of nitrogens with one attached hydrogen (secondary N) is 3. The second-order valence-electron chi connectivity index (χ2n) is 4.22. The number of imide groups is 1. The highest BCUT2D eigenvalue weighted by Gasteiger charge is 2.28. The van der Waals surface area contributed by atoms with Crippen molar-refractivity contribution in [2.75, 3.05) is 6.54 Å². The normalized spacial score (nSPS) is 30.1. The largest absolute Gasteiger partial charge is 0.352 e. The van der Waals surface area contributed by atoms with E-state index in [-0.39, 0.29) is 29.8 Å². The van der Waals surface area contributed by atoms with E-state index in [1.165, 1.54) is 0 Å². The molecule has 2 saturated heterocycles. The molecule has 2 heterocycles. The highest BCUT2D eigenvalue weighted by molar-refractivity contribution is 6.00. The van der Waals surface area contributed by atoms with Crippen molar-refractivity contribution in [1.82, 2.24) is 16.0 Å². The van der Waals surface area contributed by atoms with E-state index in [1.54, 1.807) is 0 Å². The van der Waals surface area contributed by atoms with Crippen molar-refractivity contribution in [1.29, 1.82) is 0 Å². The van der Waals surface area contributed by atoms with E-state index in [1.807, 2.05) is 0 Å². The van der Waals surface area contributed by atoms with Gasteiger partial charge in [-0.05, 0) is 12.8 Å². The van der Waals surface area contributed by atoms with E-state index in [2.05, 4.69) is 16.0 Å². The summed E-state index contributed by atoms with van der Waals surface area (Å²) in [6.45, 7) is 0.581. The van der Waals surface area contributed by atoms with Gasteiger partial charge in [-0.1, -0.05) is 0 Å². The number of hydrogen-bond acceptors (Lipinski definition) is 4. The van der Waals surface area contributed by atoms with Crippen molar-refractivity contribution in [3.05, 3.63) is 0 Å². The predicted octanol–water partition coefficient (Wildman–Crippen LogP) is -1.34. The van der Waals surface area contributed by atoms with E-state index >= 15 is 0 Å². The van der Waals surface area contributed by atoms with Crippen molar-refractivity contribution in [2.24, 2.45) is 0 Å². The zero-order chi connectivity index (χ0) is 11.5. The highest BCUT2D eigenvalue weighted by atomic mass is 16.2. The van der Waals surface area contributed by atoms with E-state index in [0.717, 1.165) is 6.42 Å². The first-order valence-electron chi connectivity index (χ1n) is 5.51. The van der Waals surface area contributed by atoms with Gasteiger partial charge in [-0.3, -0.25) is 19.7 Å². The summed E-state index contributed by atoms with van der Waals surface area (Å²) in [6.07, 6.45) is 2.27. The van der Waals surface area contributed by atoms with Gasteiger partial charge in [0, 0.05) is 25.4 Å². The third-order valence-electron chi connectivity index (χ3n) is 2.93. The summed E-state index contributed by atoms with van der Waals surface area (Å²) in [4.78, 5) is 33.2. The zero-order valence-corrected chi connectivity index (χ0v) is 8.91. The molecule has 0 bridgehead atoms. The molecule has 6 nitrogen and oxygen atoms in total. The van der Waals surface area contributed by atoms with Crippen LogP contribution in [-0.2, 0) is 14.4 Å². The number of hydrogen-bond donors (Lipinski definition) is 3. The summed E-state index contributed by atoms with van der Waals surface area (Å²) < 4.78 is 0. The van der Waals surface area contributed by atoms with E-state index in [0.29, 0.717) is 25.8 Å². The maximum Gasteiger partial charge on any atom is 0.243 e. The minimum Gasteiger partial charge on any atom is -0.352 e. The molecule has 6 heteroatoms. The fourth-order valence-corrected chi connectivity index (χ4v) is 2.00. The molecule has 0 radical (unpaired) electrons. The molecule has 0 aromatic carbocycles. The van der Waals surface area contributed by atoms with E-state index in [9.17, 15) is 14.4 Å². The molecule has 2 aliphatic heterocycles. The second-order valence-corrected chi connectivity index (χ2v) is 4.22. The molecule has 2 atom stereocenters. The van der Waals surface area contributed by atoms with Gasteiger partial charge in [0.2, 0.25) is 17.7 Å². The molecule has 0 spiro atoms. The molecule has 2 rings (SSSR count). The summed E-state index contributed by atoms with van der Waals surface area (Å²) in [5.74, 6) is -0.409. The monoisotopic (exact) mass is 225 g/mol. The molecule has 0 aromatic rings. The van der Waals surface area contributed by atoms with Gasteiger partial charge in [0.15, 0.2) is 0 Å². The van der Waals surface area contributed by atoms with Crippen LogP contribution in [-0.4, -0.2) is 36.3 Å². The Morgan fingerprint density at radius 2 is 1.88 bits per heavy atom. The highest BCUT2D eigenvalue weighted by Crippen LogP contribution is 2.08. The fourth-order valence-electron chi connectivity index (χ4n) is 2.00. The van der Waals surface area contributed by atoms with Crippen LogP contribution in [0.3, 0.4) is 0 Å². The number of carbonyl (C=O) groups is 3. The molecule has 0 aromatic heterocycles. The summed E-state index contributed by atoms with van der Waals surface area (Å²) in [7, 11) is 0. The zero-order valence-electron chi connectivity index (χ0n) is 8.91. The Hall–Kier alpha value is -1.43. The van der Waals surface area contributed by atoms with Crippen LogP contribution in [0.25, 0.3) is 0 Å². The standard InChI is InChI=1S/C10H15N3O3/c14-8-3-1-6(12-8)5-11-7-2-4-9(15)13-10(7)16/h6-7,11H,1-5H2,(H,12,14)(H,13,15,16). The molecule has 2 aliphatic rings. The molecular weight excluding hydrogens is 210 g/mol. The average Bonchev–Trinajstić information content (AvgIpc) is 2.63. The maximum absolute atomic E-state index is 11.4. The van der Waals surface area contributed by atoms with Crippen LogP contribution in [0.1, 0.15) is 25.7 Å². The van der Waals surface area contributed by atoms with Gasteiger partial charge in [0.1, 0.15) is 0 Å². The van der Waals surface area contributed by atoms with Gasteiger partial charge >= 0.3 is 0 Å². The molecule has 88 valence electrons. The summed E-state index contributed by atoms with van der Waals surface area (Å²) in [5.41, 5.74) is 0. The van der Waals surface area contributed by atoms with E-state index in [4.69, 9.17) is 0 Å². The Morgan fingerprint density at radius 3 is 2.50 bits per heavy atom. The van der Waals surface area contributed by atoms with Crippen LogP contribution >= 0.6 is 0 Å². The molecule has 3 amide bonds. The van der Waals surface area contributed by atoms with Crippen molar-refractivity contribution >= 4 is 17.7 Å². The van der Waals surface area contributed by atoms with Crippen LogP contribution in [0.5, 0.6) is 0 Å². The van der Waals surface area contributed by atoms with Gasteiger partial charge < -0.3 is 10.6 Å². The van der Waals surface area contributed by atoms with Gasteiger partial charge in [-0.25, -0.2) is 0 Å². The minimum absolute atomic E-state index is 0.0649. The van der Waals surface area contributed by atoms with Crippen LogP contribution in [0.4, 0.5) is 0 Å². The smallest absolute Gasteiger partial charge is 0.243 e. The molecular formula is C10H15N3O3. The Bertz CT molecular complexity index is 329. The van der Waals surface area contributed by atoms with Crippen LogP contribution in [0.15, 0.2) is 0 Å². The predicted molar refractivity (Wildman–Crippen MR) is 55.3 cm³/mol. The number of carbonyl (C=O) groups excluding carboxylic acids is 3. The Morgan fingerprint density at radius 1 is 1.12 bits per heavy atom. The van der Waals surface area contributed by atoms with Crippen LogP contribution < -0.4 is 16.0 Å². The lowest BCUT2D eigenvalue weighted by molar-refractivity contribution is -0.134. The Labute approximate surface area is 93.1 Å². The summed E-state index contributed by atoms with van der Waals surface area (Å²) >= 11 is 0. The summed E-state index contributed by atoms with van der Waals surface area (Å²) in [6, 6.07) is -0.201. The van der Waals surface area contributed by atoms with Crippen molar-refractivity contribution in [3.8, 4) is 0 Å². The van der Waals surface area contributed by atoms with Crippen molar-refractivity contribution in [2.45, 2.75) is 37.8 Å². The lowest BCUT2D eigenvalue weighted by Gasteiger charge is -2.23. The average molecular weight is 225 g/mol. The summed E-state index contributed by atoms with van der Waals surface area (Å²) in [5, 5.41) is 8.18. The first-order chi connectivity index (χ1) is 7.65. The third kappa shape index (κ3) is 2.57. The lowest BCUT2D eigenvalue weighted by Crippen LogP contribution is -2.52. The first kappa shape index (κ1) is 11.1. The van der Waals surface area contributed by atoms with Crippen molar-refractivity contribution in [3.63, 3.8) is 0 Å². The van der Waals surface area contributed by atoms with Crippen LogP contribution in [0.2, 0.25) is 0 Å². The first-order valence-corrected chi connectivity index (χ1v) is 5.51. The number of amides is 3. The van der Waals surface area contributed by atoms with Crippen LogP contribution in [0, 0.1) is 0 Å². The maximum atomic E-state index is 11.4. The third-order valence-corrected chi connectivity index (χ3v) is 2.93. The van der Waals surface area contributed by atoms with Gasteiger partial charge in [-0.2, -0.15) is 0 Å². The van der Waals surface area contributed by atoms with Gasteiger partial charge in [0.05, 0.1) is 6.04 Å². The number of piperidine rings is 1. The molecule has 0 saturated carbocycles. The lowest BCUT2D eigenvalue weighted by atomic mass is 10.1. The molecule has 2 unspecified atom stereocenters. The molecule has 3 N–H and O–H groups in total. The van der Waals surface area contributed by atoms with Gasteiger partial charge in [0.25, 0.3) is 0 Å². The second kappa shape index (κ2) is 4.61. The Balaban J connectivity index is 1.75. The molecule has 0 aliphatic carbocycles. The topological polar surface area (TPSA) is 87.3 Å². The van der Waals surface area contributed by atoms with Gasteiger partial charge in [-0.15, -0.1) is 0 Å².